The average molecular weight is 541 g/mol. The van der Waals surface area contributed by atoms with Crippen LogP contribution in [0, 0.1) is 6.92 Å². The van der Waals surface area contributed by atoms with Gasteiger partial charge in [-0.05, 0) is 25.1 Å². The monoisotopic (exact) mass is 540 g/mol. The summed E-state index contributed by atoms with van der Waals surface area (Å²) in [7, 11) is 1.52. The highest BCUT2D eigenvalue weighted by molar-refractivity contribution is 7.17. The summed E-state index contributed by atoms with van der Waals surface area (Å²) in [6.07, 6.45) is 0. The minimum atomic E-state index is -0.953. The van der Waals surface area contributed by atoms with Gasteiger partial charge in [-0.1, -0.05) is 48.5 Å². The van der Waals surface area contributed by atoms with Gasteiger partial charge in [0, 0.05) is 22.9 Å². The third-order valence-electron chi connectivity index (χ3n) is 6.71. The molecule has 1 amide bonds. The number of Topliss-reactive ketones (excluding diaryl/α,β-unsaturated/α-hetero) is 1. The molecule has 0 radical (unpaired) electrons. The van der Waals surface area contributed by atoms with Crippen LogP contribution in [0.25, 0.3) is 10.6 Å². The number of anilines is 1. The van der Waals surface area contributed by atoms with Crippen molar-refractivity contribution in [2.75, 3.05) is 25.2 Å². The quantitative estimate of drug-likeness (QED) is 0.314. The lowest BCUT2D eigenvalue weighted by atomic mass is 9.94. The molecule has 3 aromatic carbocycles. The Labute approximate surface area is 228 Å². The zero-order valence-electron chi connectivity index (χ0n) is 21.2. The van der Waals surface area contributed by atoms with E-state index >= 15 is 0 Å². The standard InChI is InChI=1S/C30H24N2O6S/c1-17-28(39-29(31-17)18-8-4-3-5-9-18)26(33)24-25(20-10-6-7-11-21(20)36-2)32(30(35)27(24)34)19-12-13-22-23(16-19)38-15-14-37-22/h3-13,16,25,34H,14-15H2,1-2H3. The Morgan fingerprint density at radius 2 is 1.74 bits per heavy atom. The smallest absolute Gasteiger partial charge is 0.294 e. The number of ether oxygens (including phenoxy) is 3. The van der Waals surface area contributed by atoms with Crippen molar-refractivity contribution in [1.29, 1.82) is 0 Å². The molecule has 39 heavy (non-hydrogen) atoms. The van der Waals surface area contributed by atoms with Crippen LogP contribution < -0.4 is 19.1 Å². The minimum Gasteiger partial charge on any atom is -0.503 e. The van der Waals surface area contributed by atoms with Gasteiger partial charge in [-0.25, -0.2) is 4.98 Å². The summed E-state index contributed by atoms with van der Waals surface area (Å²) in [4.78, 5) is 34.2. The van der Waals surface area contributed by atoms with Crippen LogP contribution in [0.3, 0.4) is 0 Å². The summed E-state index contributed by atoms with van der Waals surface area (Å²) in [5, 5.41) is 11.9. The van der Waals surface area contributed by atoms with Gasteiger partial charge in [0.05, 0.1) is 29.3 Å². The SMILES string of the molecule is COc1ccccc1C1C(C(=O)c2sc(-c3ccccc3)nc2C)=C(O)C(=O)N1c1ccc2c(c1)OCCO2. The molecule has 0 fully saturated rings. The first kappa shape index (κ1) is 24.7. The number of rotatable bonds is 6. The van der Waals surface area contributed by atoms with E-state index in [-0.39, 0.29) is 5.57 Å². The molecule has 1 N–H and O–H groups in total. The molecule has 0 spiro atoms. The number of fused-ring (bicyclic) bond motifs is 1. The highest BCUT2D eigenvalue weighted by atomic mass is 32.1. The number of thiazole rings is 1. The maximum Gasteiger partial charge on any atom is 0.294 e. The third-order valence-corrected chi connectivity index (χ3v) is 7.92. The van der Waals surface area contributed by atoms with Gasteiger partial charge in [0.15, 0.2) is 17.3 Å². The Morgan fingerprint density at radius 3 is 2.51 bits per heavy atom. The summed E-state index contributed by atoms with van der Waals surface area (Å²) >= 11 is 1.23. The summed E-state index contributed by atoms with van der Waals surface area (Å²) in [6, 6.07) is 20.8. The van der Waals surface area contributed by atoms with Crippen molar-refractivity contribution >= 4 is 28.7 Å². The van der Waals surface area contributed by atoms with Crippen LogP contribution in [-0.2, 0) is 4.79 Å². The van der Waals surface area contributed by atoms with Gasteiger partial charge in [0.2, 0.25) is 5.78 Å². The average Bonchev–Trinajstić information content (AvgIpc) is 3.49. The molecular formula is C30H24N2O6S. The zero-order chi connectivity index (χ0) is 27.1. The van der Waals surface area contributed by atoms with Crippen LogP contribution >= 0.6 is 11.3 Å². The number of carbonyl (C=O) groups excluding carboxylic acids is 2. The van der Waals surface area contributed by atoms with Crippen molar-refractivity contribution < 1.29 is 28.9 Å². The summed E-state index contributed by atoms with van der Waals surface area (Å²) < 4.78 is 17.0. The van der Waals surface area contributed by atoms with Crippen LogP contribution in [0.4, 0.5) is 5.69 Å². The van der Waals surface area contributed by atoms with Crippen molar-refractivity contribution in [2.45, 2.75) is 13.0 Å². The first-order valence-corrected chi connectivity index (χ1v) is 13.2. The van der Waals surface area contributed by atoms with Crippen molar-refractivity contribution in [3.8, 4) is 27.8 Å². The molecule has 9 heteroatoms. The second-order valence-corrected chi connectivity index (χ2v) is 10.0. The largest absolute Gasteiger partial charge is 0.503 e. The van der Waals surface area contributed by atoms with Crippen LogP contribution in [0.5, 0.6) is 17.2 Å². The molecular weight excluding hydrogens is 516 g/mol. The molecule has 2 aliphatic heterocycles. The number of amides is 1. The number of methoxy groups -OCH3 is 1. The number of aliphatic hydroxyl groups excluding tert-OH is 1. The van der Waals surface area contributed by atoms with Gasteiger partial charge >= 0.3 is 0 Å². The second-order valence-electron chi connectivity index (χ2n) is 9.04. The molecule has 4 aromatic rings. The number of ketones is 1. The van der Waals surface area contributed by atoms with Crippen LogP contribution in [-0.4, -0.2) is 42.1 Å². The first-order valence-electron chi connectivity index (χ1n) is 12.3. The molecule has 0 saturated carbocycles. The van der Waals surface area contributed by atoms with E-state index in [1.54, 1.807) is 49.4 Å². The molecule has 0 saturated heterocycles. The molecule has 3 heterocycles. The number of para-hydroxylation sites is 1. The Bertz CT molecular complexity index is 1630. The highest BCUT2D eigenvalue weighted by Gasteiger charge is 2.46. The van der Waals surface area contributed by atoms with Gasteiger partial charge < -0.3 is 19.3 Å². The molecule has 8 nitrogen and oxygen atoms in total. The minimum absolute atomic E-state index is 0.0363. The summed E-state index contributed by atoms with van der Waals surface area (Å²) in [5.41, 5.74) is 2.37. The topological polar surface area (TPSA) is 98.2 Å². The molecule has 0 bridgehead atoms. The van der Waals surface area contributed by atoms with E-state index in [4.69, 9.17) is 14.2 Å². The first-order chi connectivity index (χ1) is 19.0. The van der Waals surface area contributed by atoms with Crippen molar-refractivity contribution in [3.05, 3.63) is 100 Å². The van der Waals surface area contributed by atoms with Gasteiger partial charge in [0.1, 0.15) is 24.0 Å². The van der Waals surface area contributed by atoms with E-state index in [9.17, 15) is 14.7 Å². The molecule has 1 aromatic heterocycles. The van der Waals surface area contributed by atoms with E-state index in [0.29, 0.717) is 57.3 Å². The number of carbonyl (C=O) groups is 2. The number of hydrogen-bond donors (Lipinski definition) is 1. The lowest BCUT2D eigenvalue weighted by Crippen LogP contribution is -2.31. The Balaban J connectivity index is 1.49. The summed E-state index contributed by atoms with van der Waals surface area (Å²) in [6.45, 7) is 2.56. The predicted molar refractivity (Wildman–Crippen MR) is 147 cm³/mol. The fourth-order valence-electron chi connectivity index (χ4n) is 4.91. The third kappa shape index (κ3) is 4.21. The van der Waals surface area contributed by atoms with E-state index in [1.165, 1.54) is 23.3 Å². The number of benzene rings is 3. The van der Waals surface area contributed by atoms with Crippen molar-refractivity contribution in [2.24, 2.45) is 0 Å². The molecule has 2 aliphatic rings. The van der Waals surface area contributed by atoms with Gasteiger partial charge in [-0.2, -0.15) is 0 Å². The molecule has 1 unspecified atom stereocenters. The van der Waals surface area contributed by atoms with E-state index in [0.717, 1.165) is 5.56 Å². The Morgan fingerprint density at radius 1 is 1.03 bits per heavy atom. The van der Waals surface area contributed by atoms with Gasteiger partial charge in [-0.15, -0.1) is 11.3 Å². The fraction of sp³-hybridized carbons (Fsp3) is 0.167. The molecule has 196 valence electrons. The van der Waals surface area contributed by atoms with Gasteiger partial charge in [-0.3, -0.25) is 14.5 Å². The maximum atomic E-state index is 14.1. The normalized spacial score (nSPS) is 16.5. The molecule has 1 atom stereocenters. The highest BCUT2D eigenvalue weighted by Crippen LogP contribution is 2.47. The number of aliphatic hydroxyl groups is 1. The maximum absolute atomic E-state index is 14.1. The van der Waals surface area contributed by atoms with Crippen LogP contribution in [0.1, 0.15) is 27.0 Å². The number of aromatic nitrogens is 1. The van der Waals surface area contributed by atoms with Crippen molar-refractivity contribution in [3.63, 3.8) is 0 Å². The van der Waals surface area contributed by atoms with E-state index < -0.39 is 23.5 Å². The van der Waals surface area contributed by atoms with Gasteiger partial charge in [0.25, 0.3) is 5.91 Å². The van der Waals surface area contributed by atoms with E-state index in [2.05, 4.69) is 4.98 Å². The lowest BCUT2D eigenvalue weighted by molar-refractivity contribution is -0.117. The predicted octanol–water partition coefficient (Wildman–Crippen LogP) is 5.68. The molecule has 6 rings (SSSR count). The van der Waals surface area contributed by atoms with Crippen LogP contribution in [0.15, 0.2) is 84.1 Å². The van der Waals surface area contributed by atoms with E-state index in [1.807, 2.05) is 30.3 Å². The van der Waals surface area contributed by atoms with Crippen LogP contribution in [0.2, 0.25) is 0 Å². The Kier molecular flexibility index (Phi) is 6.28. The number of nitrogens with zero attached hydrogens (tertiary/aromatic N) is 2. The summed E-state index contributed by atoms with van der Waals surface area (Å²) in [5.74, 6) is -0.253. The number of aryl methyl sites for hydroxylation is 1. The molecule has 0 aliphatic carbocycles. The second kappa shape index (κ2) is 9.92. The number of hydrogen-bond acceptors (Lipinski definition) is 8. The Hall–Kier alpha value is -4.63. The zero-order valence-corrected chi connectivity index (χ0v) is 22.0. The lowest BCUT2D eigenvalue weighted by Gasteiger charge is -2.29. The van der Waals surface area contributed by atoms with Crippen molar-refractivity contribution in [1.82, 2.24) is 4.98 Å². The fourth-order valence-corrected chi connectivity index (χ4v) is 5.93.